The van der Waals surface area contributed by atoms with Gasteiger partial charge in [-0.15, -0.1) is 0 Å². The minimum Gasteiger partial charge on any atom is -0.374 e. The zero-order valence-electron chi connectivity index (χ0n) is 11.0. The molecule has 2 unspecified atom stereocenters. The topological polar surface area (TPSA) is 9.23 Å². The zero-order valence-corrected chi connectivity index (χ0v) is 11.0. The smallest absolute Gasteiger partial charge is 0.0785 e. The SMILES string of the molecule is CC(C)OC1C(C#Cc2ccccc2)C1(C)C. The largest absolute Gasteiger partial charge is 0.374 e. The average Bonchev–Trinajstić information content (AvgIpc) is 2.78. The molecule has 0 N–H and O–H groups in total. The fourth-order valence-corrected chi connectivity index (χ4v) is 2.08. The molecule has 1 saturated carbocycles. The fraction of sp³-hybridized carbons (Fsp3) is 0.500. The lowest BCUT2D eigenvalue weighted by atomic mass is 10.1. The van der Waals surface area contributed by atoms with Gasteiger partial charge in [-0.25, -0.2) is 0 Å². The Kier molecular flexibility index (Phi) is 3.26. The molecule has 1 heteroatoms. The summed E-state index contributed by atoms with van der Waals surface area (Å²) in [5.74, 6) is 6.94. The highest BCUT2D eigenvalue weighted by Gasteiger charge is 2.58. The van der Waals surface area contributed by atoms with E-state index in [1.54, 1.807) is 0 Å². The molecule has 17 heavy (non-hydrogen) atoms. The molecule has 1 aliphatic rings. The zero-order chi connectivity index (χ0) is 12.5. The van der Waals surface area contributed by atoms with Crippen molar-refractivity contribution in [3.8, 4) is 11.8 Å². The lowest BCUT2D eigenvalue weighted by Crippen LogP contribution is -2.08. The predicted octanol–water partition coefficient (Wildman–Crippen LogP) is 3.49. The summed E-state index contributed by atoms with van der Waals surface area (Å²) in [6, 6.07) is 10.1. The molecule has 1 aliphatic carbocycles. The molecule has 0 heterocycles. The third-order valence-corrected chi connectivity index (χ3v) is 3.29. The van der Waals surface area contributed by atoms with E-state index in [0.29, 0.717) is 12.0 Å². The highest BCUT2D eigenvalue weighted by Crippen LogP contribution is 2.54. The highest BCUT2D eigenvalue weighted by atomic mass is 16.5. The molecule has 0 spiro atoms. The van der Waals surface area contributed by atoms with Gasteiger partial charge in [-0.1, -0.05) is 43.9 Å². The van der Waals surface area contributed by atoms with Crippen LogP contribution in [0.1, 0.15) is 33.3 Å². The van der Waals surface area contributed by atoms with Crippen LogP contribution in [0.4, 0.5) is 0 Å². The maximum Gasteiger partial charge on any atom is 0.0785 e. The summed E-state index contributed by atoms with van der Waals surface area (Å²) in [5, 5.41) is 0. The van der Waals surface area contributed by atoms with Crippen LogP contribution < -0.4 is 0 Å². The van der Waals surface area contributed by atoms with Crippen molar-refractivity contribution in [2.45, 2.75) is 39.9 Å². The number of hydrogen-bond donors (Lipinski definition) is 0. The van der Waals surface area contributed by atoms with Gasteiger partial charge in [0.15, 0.2) is 0 Å². The Morgan fingerprint density at radius 3 is 2.41 bits per heavy atom. The van der Waals surface area contributed by atoms with E-state index < -0.39 is 0 Å². The molecule has 0 radical (unpaired) electrons. The fourth-order valence-electron chi connectivity index (χ4n) is 2.08. The van der Waals surface area contributed by atoms with Gasteiger partial charge < -0.3 is 4.74 Å². The van der Waals surface area contributed by atoms with E-state index >= 15 is 0 Å². The minimum absolute atomic E-state index is 0.200. The molecule has 0 bridgehead atoms. The molecule has 0 amide bonds. The van der Waals surface area contributed by atoms with Crippen LogP contribution in [0.2, 0.25) is 0 Å². The summed E-state index contributed by atoms with van der Waals surface area (Å²) < 4.78 is 5.87. The van der Waals surface area contributed by atoms with E-state index in [4.69, 9.17) is 4.74 Å². The van der Waals surface area contributed by atoms with Gasteiger partial charge in [0.05, 0.1) is 18.1 Å². The Hall–Kier alpha value is -1.26. The maximum atomic E-state index is 5.87. The quantitative estimate of drug-likeness (QED) is 0.704. The monoisotopic (exact) mass is 228 g/mol. The van der Waals surface area contributed by atoms with Crippen LogP contribution in [0.15, 0.2) is 30.3 Å². The van der Waals surface area contributed by atoms with Gasteiger partial charge in [-0.2, -0.15) is 0 Å². The Morgan fingerprint density at radius 1 is 1.18 bits per heavy atom. The van der Waals surface area contributed by atoms with E-state index in [1.807, 2.05) is 30.3 Å². The normalized spacial score (nSPS) is 25.2. The molecule has 1 aromatic rings. The van der Waals surface area contributed by atoms with Crippen LogP contribution in [0, 0.1) is 23.2 Å². The minimum atomic E-state index is 0.200. The lowest BCUT2D eigenvalue weighted by Gasteiger charge is -2.07. The average molecular weight is 228 g/mol. The first-order valence-corrected chi connectivity index (χ1v) is 6.24. The van der Waals surface area contributed by atoms with Gasteiger partial charge in [0.2, 0.25) is 0 Å². The Balaban J connectivity index is 2.04. The number of rotatable bonds is 2. The molecule has 2 rings (SSSR count). The molecule has 2 atom stereocenters. The van der Waals surface area contributed by atoms with E-state index in [1.165, 1.54) is 0 Å². The van der Waals surface area contributed by atoms with Crippen molar-refractivity contribution < 1.29 is 4.74 Å². The number of ether oxygens (including phenoxy) is 1. The van der Waals surface area contributed by atoms with E-state index in [-0.39, 0.29) is 11.5 Å². The van der Waals surface area contributed by atoms with E-state index in [2.05, 4.69) is 39.5 Å². The second kappa shape index (κ2) is 4.55. The van der Waals surface area contributed by atoms with Crippen molar-refractivity contribution in [2.24, 2.45) is 11.3 Å². The summed E-state index contributed by atoms with van der Waals surface area (Å²) in [5.41, 5.74) is 1.28. The first-order chi connectivity index (χ1) is 8.01. The van der Waals surface area contributed by atoms with Gasteiger partial charge in [0.25, 0.3) is 0 Å². The number of hydrogen-bond acceptors (Lipinski definition) is 1. The van der Waals surface area contributed by atoms with Gasteiger partial charge in [-0.3, -0.25) is 0 Å². The van der Waals surface area contributed by atoms with Crippen LogP contribution in [0.25, 0.3) is 0 Å². The lowest BCUT2D eigenvalue weighted by molar-refractivity contribution is 0.0436. The Bertz CT molecular complexity index is 434. The van der Waals surface area contributed by atoms with Crippen molar-refractivity contribution in [1.82, 2.24) is 0 Å². The summed E-state index contributed by atoms with van der Waals surface area (Å²) in [4.78, 5) is 0. The van der Waals surface area contributed by atoms with Crippen LogP contribution in [-0.4, -0.2) is 12.2 Å². The molecule has 1 fully saturated rings. The van der Waals surface area contributed by atoms with Crippen LogP contribution >= 0.6 is 0 Å². The highest BCUT2D eigenvalue weighted by molar-refractivity contribution is 5.37. The summed E-state index contributed by atoms with van der Waals surface area (Å²) in [6.07, 6.45) is 0.571. The van der Waals surface area contributed by atoms with Crippen molar-refractivity contribution >= 4 is 0 Å². The predicted molar refractivity (Wildman–Crippen MR) is 70.6 cm³/mol. The summed E-state index contributed by atoms with van der Waals surface area (Å²) in [6.45, 7) is 8.61. The Labute approximate surface area is 104 Å². The van der Waals surface area contributed by atoms with Gasteiger partial charge in [0.1, 0.15) is 0 Å². The summed E-state index contributed by atoms with van der Waals surface area (Å²) in [7, 11) is 0. The third-order valence-electron chi connectivity index (χ3n) is 3.29. The molecular weight excluding hydrogens is 208 g/mol. The van der Waals surface area contributed by atoms with Crippen molar-refractivity contribution in [2.75, 3.05) is 0 Å². The van der Waals surface area contributed by atoms with Gasteiger partial charge >= 0.3 is 0 Å². The van der Waals surface area contributed by atoms with Crippen LogP contribution in [0.3, 0.4) is 0 Å². The van der Waals surface area contributed by atoms with Crippen LogP contribution in [0.5, 0.6) is 0 Å². The van der Waals surface area contributed by atoms with Gasteiger partial charge in [-0.05, 0) is 26.0 Å². The van der Waals surface area contributed by atoms with Gasteiger partial charge in [0, 0.05) is 11.0 Å². The molecule has 90 valence electrons. The Morgan fingerprint density at radius 2 is 1.82 bits per heavy atom. The van der Waals surface area contributed by atoms with Crippen LogP contribution in [-0.2, 0) is 4.74 Å². The second-order valence-electron chi connectivity index (χ2n) is 5.54. The van der Waals surface area contributed by atoms with Crippen molar-refractivity contribution in [3.05, 3.63) is 35.9 Å². The molecule has 0 aromatic heterocycles. The summed E-state index contributed by atoms with van der Waals surface area (Å²) >= 11 is 0. The third kappa shape index (κ3) is 2.70. The number of benzene rings is 1. The second-order valence-corrected chi connectivity index (χ2v) is 5.54. The van der Waals surface area contributed by atoms with E-state index in [9.17, 15) is 0 Å². The van der Waals surface area contributed by atoms with Crippen molar-refractivity contribution in [1.29, 1.82) is 0 Å². The molecule has 0 saturated heterocycles. The first kappa shape index (κ1) is 12.2. The first-order valence-electron chi connectivity index (χ1n) is 6.24. The molecular formula is C16H20O. The molecule has 1 nitrogen and oxygen atoms in total. The van der Waals surface area contributed by atoms with E-state index in [0.717, 1.165) is 5.56 Å². The maximum absolute atomic E-state index is 5.87. The van der Waals surface area contributed by atoms with Crippen molar-refractivity contribution in [3.63, 3.8) is 0 Å². The molecule has 1 aromatic carbocycles. The molecule has 0 aliphatic heterocycles. The standard InChI is InChI=1S/C16H20O/c1-12(2)17-15-14(16(15,3)4)11-10-13-8-6-5-7-9-13/h5-9,12,14-15H,1-4H3.